The van der Waals surface area contributed by atoms with Crippen molar-refractivity contribution >= 4 is 0 Å². The number of methoxy groups -OCH3 is 1. The van der Waals surface area contributed by atoms with E-state index < -0.39 is 0 Å². The number of nitrogens with zero attached hydrogens (tertiary/aromatic N) is 1. The highest BCUT2D eigenvalue weighted by molar-refractivity contribution is 4.82. The minimum absolute atomic E-state index is 0.0942. The summed E-state index contributed by atoms with van der Waals surface area (Å²) < 4.78 is 10.8. The second-order valence-corrected chi connectivity index (χ2v) is 3.60. The van der Waals surface area contributed by atoms with Gasteiger partial charge in [0.2, 0.25) is 0 Å². The maximum atomic E-state index is 5.67. The summed E-state index contributed by atoms with van der Waals surface area (Å²) in [7, 11) is 1.72. The summed E-state index contributed by atoms with van der Waals surface area (Å²) in [4.78, 5) is 2.39. The molecule has 0 aromatic rings. The Labute approximate surface area is 74.6 Å². The van der Waals surface area contributed by atoms with Gasteiger partial charge in [0, 0.05) is 20.2 Å². The summed E-state index contributed by atoms with van der Waals surface area (Å²) in [6.07, 6.45) is 0. The van der Waals surface area contributed by atoms with Crippen molar-refractivity contribution in [1.29, 1.82) is 0 Å². The molecule has 0 bridgehead atoms. The molecule has 3 nitrogen and oxygen atoms in total. The van der Waals surface area contributed by atoms with E-state index in [-0.39, 0.29) is 5.60 Å². The smallest absolute Gasteiger partial charge is 0.101 e. The van der Waals surface area contributed by atoms with Gasteiger partial charge in [-0.25, -0.2) is 0 Å². The van der Waals surface area contributed by atoms with Gasteiger partial charge in [0.25, 0.3) is 0 Å². The molecule has 0 aromatic carbocycles. The van der Waals surface area contributed by atoms with Crippen molar-refractivity contribution in [2.24, 2.45) is 0 Å². The number of rotatable bonds is 3. The van der Waals surface area contributed by atoms with Crippen molar-refractivity contribution < 1.29 is 9.47 Å². The first-order chi connectivity index (χ1) is 5.70. The van der Waals surface area contributed by atoms with Crippen LogP contribution in [0, 0.1) is 0 Å². The Balaban J connectivity index is 2.43. The van der Waals surface area contributed by atoms with Gasteiger partial charge in [0.05, 0.1) is 13.2 Å². The molecule has 0 aromatic heterocycles. The highest BCUT2D eigenvalue weighted by Gasteiger charge is 2.31. The number of morpholine rings is 1. The van der Waals surface area contributed by atoms with E-state index in [4.69, 9.17) is 9.47 Å². The molecule has 72 valence electrons. The predicted molar refractivity (Wildman–Crippen MR) is 48.3 cm³/mol. The van der Waals surface area contributed by atoms with Crippen molar-refractivity contribution in [2.75, 3.05) is 40.0 Å². The van der Waals surface area contributed by atoms with Gasteiger partial charge in [0.1, 0.15) is 5.60 Å². The van der Waals surface area contributed by atoms with Crippen LogP contribution in [0.5, 0.6) is 0 Å². The van der Waals surface area contributed by atoms with Crippen molar-refractivity contribution in [1.82, 2.24) is 4.90 Å². The first kappa shape index (κ1) is 9.96. The zero-order valence-corrected chi connectivity index (χ0v) is 8.30. The van der Waals surface area contributed by atoms with E-state index in [1.807, 2.05) is 0 Å². The molecule has 12 heavy (non-hydrogen) atoms. The Kier molecular flexibility index (Phi) is 3.50. The van der Waals surface area contributed by atoms with Crippen molar-refractivity contribution in [2.45, 2.75) is 19.4 Å². The number of hydrogen-bond acceptors (Lipinski definition) is 3. The fourth-order valence-electron chi connectivity index (χ4n) is 1.68. The average Bonchev–Trinajstić information content (AvgIpc) is 2.04. The maximum absolute atomic E-state index is 5.67. The Morgan fingerprint density at radius 1 is 1.58 bits per heavy atom. The molecule has 1 fully saturated rings. The molecule has 0 saturated carbocycles. The van der Waals surface area contributed by atoms with Crippen LogP contribution in [0.1, 0.15) is 13.8 Å². The van der Waals surface area contributed by atoms with Crippen LogP contribution >= 0.6 is 0 Å². The molecule has 1 saturated heterocycles. The van der Waals surface area contributed by atoms with Gasteiger partial charge in [-0.15, -0.1) is 0 Å². The standard InChI is InChI=1S/C9H19NO2/c1-4-10-5-6-12-9(2,7-10)8-11-3/h4-8H2,1-3H3/t9-/m0/s1. The molecular weight excluding hydrogens is 154 g/mol. The van der Waals surface area contributed by atoms with E-state index in [2.05, 4.69) is 18.7 Å². The first-order valence-corrected chi connectivity index (χ1v) is 4.55. The van der Waals surface area contributed by atoms with E-state index in [1.54, 1.807) is 7.11 Å². The lowest BCUT2D eigenvalue weighted by molar-refractivity contribution is -0.127. The average molecular weight is 173 g/mol. The van der Waals surface area contributed by atoms with E-state index >= 15 is 0 Å². The summed E-state index contributed by atoms with van der Waals surface area (Å²) >= 11 is 0. The summed E-state index contributed by atoms with van der Waals surface area (Å²) in [6, 6.07) is 0. The van der Waals surface area contributed by atoms with Gasteiger partial charge in [-0.1, -0.05) is 6.92 Å². The van der Waals surface area contributed by atoms with Crippen LogP contribution in [0.25, 0.3) is 0 Å². The van der Waals surface area contributed by atoms with Gasteiger partial charge in [-0.2, -0.15) is 0 Å². The fraction of sp³-hybridized carbons (Fsp3) is 1.00. The molecule has 1 rings (SSSR count). The number of ether oxygens (including phenoxy) is 2. The van der Waals surface area contributed by atoms with Crippen molar-refractivity contribution in [3.05, 3.63) is 0 Å². The molecule has 1 heterocycles. The molecule has 0 radical (unpaired) electrons. The van der Waals surface area contributed by atoms with Crippen LogP contribution in [0.15, 0.2) is 0 Å². The molecule has 0 aliphatic carbocycles. The second kappa shape index (κ2) is 4.21. The Morgan fingerprint density at radius 3 is 2.92 bits per heavy atom. The Bertz CT molecular complexity index is 136. The van der Waals surface area contributed by atoms with Crippen molar-refractivity contribution in [3.8, 4) is 0 Å². The number of likely N-dealkylation sites (N-methyl/N-ethyl adjacent to an activating group) is 1. The second-order valence-electron chi connectivity index (χ2n) is 3.60. The van der Waals surface area contributed by atoms with E-state index in [0.29, 0.717) is 6.61 Å². The molecule has 0 spiro atoms. The third-order valence-electron chi connectivity index (χ3n) is 2.31. The van der Waals surface area contributed by atoms with Crippen molar-refractivity contribution in [3.63, 3.8) is 0 Å². The SMILES string of the molecule is CCN1CCO[C@](C)(COC)C1. The van der Waals surface area contributed by atoms with Gasteiger partial charge in [-0.3, -0.25) is 4.90 Å². The molecule has 3 heteroatoms. The molecule has 0 unspecified atom stereocenters. The lowest BCUT2D eigenvalue weighted by Gasteiger charge is -2.39. The molecule has 0 amide bonds. The number of hydrogen-bond donors (Lipinski definition) is 0. The molecule has 1 aliphatic heterocycles. The molecule has 1 atom stereocenters. The largest absolute Gasteiger partial charge is 0.382 e. The third kappa shape index (κ3) is 2.44. The van der Waals surface area contributed by atoms with Crippen LogP contribution < -0.4 is 0 Å². The minimum Gasteiger partial charge on any atom is -0.382 e. The highest BCUT2D eigenvalue weighted by Crippen LogP contribution is 2.17. The zero-order valence-electron chi connectivity index (χ0n) is 8.30. The third-order valence-corrected chi connectivity index (χ3v) is 2.31. The summed E-state index contributed by atoms with van der Waals surface area (Å²) in [5.41, 5.74) is -0.0942. The summed E-state index contributed by atoms with van der Waals surface area (Å²) in [5.74, 6) is 0. The highest BCUT2D eigenvalue weighted by atomic mass is 16.5. The lowest BCUT2D eigenvalue weighted by atomic mass is 10.1. The molecule has 0 N–H and O–H groups in total. The van der Waals surface area contributed by atoms with Gasteiger partial charge in [-0.05, 0) is 13.5 Å². The predicted octanol–water partition coefficient (Wildman–Crippen LogP) is 0.744. The van der Waals surface area contributed by atoms with Crippen LogP contribution in [0.2, 0.25) is 0 Å². The van der Waals surface area contributed by atoms with E-state index in [9.17, 15) is 0 Å². The lowest BCUT2D eigenvalue weighted by Crippen LogP contribution is -2.52. The Morgan fingerprint density at radius 2 is 2.33 bits per heavy atom. The Hall–Kier alpha value is -0.120. The normalized spacial score (nSPS) is 32.2. The fourth-order valence-corrected chi connectivity index (χ4v) is 1.68. The van der Waals surface area contributed by atoms with Gasteiger partial charge in [0.15, 0.2) is 0 Å². The molecule has 1 aliphatic rings. The maximum Gasteiger partial charge on any atom is 0.101 e. The van der Waals surface area contributed by atoms with Crippen LogP contribution in [-0.4, -0.2) is 50.5 Å². The monoisotopic (exact) mass is 173 g/mol. The minimum atomic E-state index is -0.0942. The summed E-state index contributed by atoms with van der Waals surface area (Å²) in [5, 5.41) is 0. The zero-order chi connectivity index (χ0) is 9.03. The van der Waals surface area contributed by atoms with Crippen LogP contribution in [0.4, 0.5) is 0 Å². The topological polar surface area (TPSA) is 21.7 Å². The van der Waals surface area contributed by atoms with Gasteiger partial charge >= 0.3 is 0 Å². The quantitative estimate of drug-likeness (QED) is 0.628. The van der Waals surface area contributed by atoms with E-state index in [1.165, 1.54) is 0 Å². The first-order valence-electron chi connectivity index (χ1n) is 4.55. The summed E-state index contributed by atoms with van der Waals surface area (Å²) in [6.45, 7) is 8.93. The molecular formula is C9H19NO2. The van der Waals surface area contributed by atoms with E-state index in [0.717, 1.165) is 26.2 Å². The van der Waals surface area contributed by atoms with Crippen LogP contribution in [-0.2, 0) is 9.47 Å². The van der Waals surface area contributed by atoms with Gasteiger partial charge < -0.3 is 9.47 Å². The van der Waals surface area contributed by atoms with Crippen LogP contribution in [0.3, 0.4) is 0 Å².